The Morgan fingerprint density at radius 1 is 1.00 bits per heavy atom. The second-order valence-electron chi connectivity index (χ2n) is 6.51. The van der Waals surface area contributed by atoms with E-state index in [0.717, 1.165) is 31.9 Å². The highest BCUT2D eigenvalue weighted by molar-refractivity contribution is 5.85. The van der Waals surface area contributed by atoms with Crippen LogP contribution in [-0.2, 0) is 0 Å². The summed E-state index contributed by atoms with van der Waals surface area (Å²) in [6.07, 6.45) is 10.6. The summed E-state index contributed by atoms with van der Waals surface area (Å²) in [4.78, 5) is 6.60. The molecular weight excluding hydrogens is 369 g/mol. The molecule has 1 aromatic heterocycles. The van der Waals surface area contributed by atoms with Crippen molar-refractivity contribution in [1.29, 1.82) is 0 Å². The van der Waals surface area contributed by atoms with E-state index in [1.807, 2.05) is 30.3 Å². The van der Waals surface area contributed by atoms with Gasteiger partial charge in [-0.25, -0.2) is 4.98 Å². The number of anilines is 1. The molecule has 0 aliphatic carbocycles. The van der Waals surface area contributed by atoms with Gasteiger partial charge in [0.1, 0.15) is 0 Å². The van der Waals surface area contributed by atoms with Crippen LogP contribution in [0.2, 0.25) is 0 Å². The number of nitrogens with one attached hydrogen (secondary N) is 2. The average Bonchev–Trinajstić information content (AvgIpc) is 3.17. The van der Waals surface area contributed by atoms with Gasteiger partial charge < -0.3 is 20.1 Å². The Morgan fingerprint density at radius 2 is 1.65 bits per heavy atom. The van der Waals surface area contributed by atoms with Crippen molar-refractivity contribution in [2.24, 2.45) is 0 Å². The second-order valence-corrected chi connectivity index (χ2v) is 6.51. The fraction of sp³-hybridized carbons (Fsp3) is 0.526. The van der Waals surface area contributed by atoms with Gasteiger partial charge in [-0.05, 0) is 70.1 Å². The molecule has 1 aromatic carbocycles. The number of aromatic nitrogens is 2. The average molecular weight is 400 g/mol. The van der Waals surface area contributed by atoms with Crippen LogP contribution in [0.1, 0.15) is 25.7 Å². The molecular formula is C19H31Cl2N5. The summed E-state index contributed by atoms with van der Waals surface area (Å²) < 4.78 is 2.04. The van der Waals surface area contributed by atoms with Gasteiger partial charge in [0.15, 0.2) is 0 Å². The van der Waals surface area contributed by atoms with Crippen LogP contribution < -0.4 is 15.5 Å². The molecule has 146 valence electrons. The van der Waals surface area contributed by atoms with Crippen LogP contribution in [-0.4, -0.2) is 48.8 Å². The van der Waals surface area contributed by atoms with Crippen molar-refractivity contribution in [1.82, 2.24) is 20.2 Å². The molecule has 26 heavy (non-hydrogen) atoms. The fourth-order valence-corrected chi connectivity index (χ4v) is 3.32. The Morgan fingerprint density at radius 3 is 2.27 bits per heavy atom. The molecule has 1 saturated heterocycles. The van der Waals surface area contributed by atoms with Crippen LogP contribution in [0.4, 0.5) is 5.69 Å². The zero-order valence-corrected chi connectivity index (χ0v) is 17.1. The van der Waals surface area contributed by atoms with Gasteiger partial charge >= 0.3 is 0 Å². The summed E-state index contributed by atoms with van der Waals surface area (Å²) in [7, 11) is 2.02. The maximum atomic E-state index is 4.10. The lowest BCUT2D eigenvalue weighted by molar-refractivity contribution is 0.410. The number of rotatable bonds is 8. The van der Waals surface area contributed by atoms with Gasteiger partial charge in [0, 0.05) is 42.9 Å². The third kappa shape index (κ3) is 6.47. The molecule has 2 aromatic rings. The minimum Gasteiger partial charge on any atom is -0.371 e. The molecule has 3 rings (SSSR count). The van der Waals surface area contributed by atoms with Gasteiger partial charge in [-0.3, -0.25) is 0 Å². The van der Waals surface area contributed by atoms with E-state index in [4.69, 9.17) is 0 Å². The van der Waals surface area contributed by atoms with Crippen molar-refractivity contribution < 1.29 is 0 Å². The van der Waals surface area contributed by atoms with Gasteiger partial charge in [-0.2, -0.15) is 0 Å². The molecule has 2 N–H and O–H groups in total. The van der Waals surface area contributed by atoms with Crippen molar-refractivity contribution in [2.75, 3.05) is 38.1 Å². The van der Waals surface area contributed by atoms with E-state index >= 15 is 0 Å². The number of benzene rings is 1. The normalized spacial score (nSPS) is 14.6. The molecule has 1 aliphatic rings. The smallest absolute Gasteiger partial charge is 0.0991 e. The van der Waals surface area contributed by atoms with E-state index in [-0.39, 0.29) is 24.8 Å². The molecule has 0 spiro atoms. The Hall–Kier alpha value is -1.27. The van der Waals surface area contributed by atoms with Crippen molar-refractivity contribution in [3.05, 3.63) is 43.0 Å². The lowest BCUT2D eigenvalue weighted by atomic mass is 10.0. The van der Waals surface area contributed by atoms with Crippen LogP contribution >= 0.6 is 24.8 Å². The highest BCUT2D eigenvalue weighted by Crippen LogP contribution is 2.21. The Balaban J connectivity index is 0.00000169. The number of piperidine rings is 1. The Bertz CT molecular complexity index is 580. The molecule has 5 nitrogen and oxygen atoms in total. The lowest BCUT2D eigenvalue weighted by Crippen LogP contribution is -2.42. The van der Waals surface area contributed by atoms with Crippen LogP contribution in [0.15, 0.2) is 43.0 Å². The summed E-state index contributed by atoms with van der Waals surface area (Å²) in [5.41, 5.74) is 2.49. The van der Waals surface area contributed by atoms with Crippen LogP contribution in [0, 0.1) is 0 Å². The Labute approximate surface area is 169 Å². The van der Waals surface area contributed by atoms with Crippen molar-refractivity contribution in [3.8, 4) is 5.69 Å². The van der Waals surface area contributed by atoms with E-state index in [1.54, 1.807) is 0 Å². The molecule has 1 fully saturated rings. The summed E-state index contributed by atoms with van der Waals surface area (Å²) in [5.74, 6) is 0. The number of hydrogen-bond acceptors (Lipinski definition) is 4. The van der Waals surface area contributed by atoms with Crippen LogP contribution in [0.3, 0.4) is 0 Å². The summed E-state index contributed by atoms with van der Waals surface area (Å²) in [6, 6.07) is 9.47. The molecule has 0 bridgehead atoms. The topological polar surface area (TPSA) is 45.1 Å². The zero-order chi connectivity index (χ0) is 16.6. The number of halogens is 2. The van der Waals surface area contributed by atoms with Gasteiger partial charge in [-0.1, -0.05) is 0 Å². The van der Waals surface area contributed by atoms with E-state index in [1.165, 1.54) is 31.4 Å². The predicted molar refractivity (Wildman–Crippen MR) is 114 cm³/mol. The quantitative estimate of drug-likeness (QED) is 0.668. The largest absolute Gasteiger partial charge is 0.371 e. The van der Waals surface area contributed by atoms with E-state index in [2.05, 4.69) is 44.8 Å². The van der Waals surface area contributed by atoms with E-state index in [0.29, 0.717) is 6.04 Å². The van der Waals surface area contributed by atoms with Crippen molar-refractivity contribution in [2.45, 2.75) is 31.7 Å². The van der Waals surface area contributed by atoms with Gasteiger partial charge in [0.25, 0.3) is 0 Å². The minimum atomic E-state index is 0. The van der Waals surface area contributed by atoms with Gasteiger partial charge in [-0.15, -0.1) is 24.8 Å². The zero-order valence-electron chi connectivity index (χ0n) is 15.4. The monoisotopic (exact) mass is 399 g/mol. The first kappa shape index (κ1) is 22.8. The predicted octanol–water partition coefficient (Wildman–Crippen LogP) is 3.27. The number of unbranched alkanes of at least 4 members (excludes halogenated alkanes) is 1. The fourth-order valence-electron chi connectivity index (χ4n) is 3.32. The third-order valence-electron chi connectivity index (χ3n) is 4.80. The number of nitrogens with zero attached hydrogens (tertiary/aromatic N) is 3. The second kappa shape index (κ2) is 12.2. The number of imidazole rings is 1. The van der Waals surface area contributed by atoms with Gasteiger partial charge in [0.2, 0.25) is 0 Å². The SMILES string of the molecule is CNCCCCNC1CCN(c2ccc(-n3ccnc3)cc2)CC1.Cl.Cl. The maximum Gasteiger partial charge on any atom is 0.0991 e. The Kier molecular flexibility index (Phi) is 10.7. The molecule has 0 atom stereocenters. The molecule has 0 unspecified atom stereocenters. The highest BCUT2D eigenvalue weighted by Gasteiger charge is 2.18. The molecule has 0 radical (unpaired) electrons. The third-order valence-corrected chi connectivity index (χ3v) is 4.80. The first-order valence-corrected chi connectivity index (χ1v) is 9.08. The van der Waals surface area contributed by atoms with E-state index < -0.39 is 0 Å². The maximum absolute atomic E-state index is 4.10. The van der Waals surface area contributed by atoms with E-state index in [9.17, 15) is 0 Å². The summed E-state index contributed by atoms with van der Waals surface area (Å²) in [5, 5.41) is 6.92. The number of hydrogen-bond donors (Lipinski definition) is 2. The standard InChI is InChI=1S/C19H29N5.2ClH/c1-20-10-2-3-11-22-17-8-13-23(14-9-17)18-4-6-19(7-5-18)24-15-12-21-16-24;;/h4-7,12,15-17,20,22H,2-3,8-11,13-14H2,1H3;2*1H. The molecule has 1 aliphatic heterocycles. The minimum absolute atomic E-state index is 0. The van der Waals surface area contributed by atoms with Crippen molar-refractivity contribution in [3.63, 3.8) is 0 Å². The first-order valence-electron chi connectivity index (χ1n) is 9.08. The molecule has 7 heteroatoms. The van der Waals surface area contributed by atoms with Crippen LogP contribution in [0.5, 0.6) is 0 Å². The molecule has 2 heterocycles. The summed E-state index contributed by atoms with van der Waals surface area (Å²) in [6.45, 7) is 4.54. The lowest BCUT2D eigenvalue weighted by Gasteiger charge is -2.34. The summed E-state index contributed by atoms with van der Waals surface area (Å²) >= 11 is 0. The van der Waals surface area contributed by atoms with Crippen LogP contribution in [0.25, 0.3) is 5.69 Å². The first-order chi connectivity index (χ1) is 11.9. The highest BCUT2D eigenvalue weighted by atomic mass is 35.5. The van der Waals surface area contributed by atoms with Gasteiger partial charge in [0.05, 0.1) is 6.33 Å². The molecule has 0 saturated carbocycles. The van der Waals surface area contributed by atoms with Crippen molar-refractivity contribution >= 4 is 30.5 Å². The molecule has 0 amide bonds.